The summed E-state index contributed by atoms with van der Waals surface area (Å²) in [5, 5.41) is 21.1. The van der Waals surface area contributed by atoms with Crippen molar-refractivity contribution >= 4 is 23.3 Å². The van der Waals surface area contributed by atoms with Crippen LogP contribution in [0.3, 0.4) is 0 Å². The Bertz CT molecular complexity index is 990. The topological polar surface area (TPSA) is 128 Å². The van der Waals surface area contributed by atoms with Crippen LogP contribution in [0.4, 0.5) is 37.7 Å². The molecule has 0 amide bonds. The molecule has 10 nitrogen and oxygen atoms in total. The molecule has 1 N–H and O–H groups in total. The first-order valence-corrected chi connectivity index (χ1v) is 8.51. The second-order valence-electron chi connectivity index (χ2n) is 6.38. The van der Waals surface area contributed by atoms with E-state index in [1.807, 2.05) is 0 Å². The summed E-state index contributed by atoms with van der Waals surface area (Å²) in [6, 6.07) is 0.435. The van der Waals surface area contributed by atoms with E-state index >= 15 is 0 Å². The van der Waals surface area contributed by atoms with E-state index in [1.54, 1.807) is 0 Å². The van der Waals surface area contributed by atoms with E-state index < -0.39 is 76.4 Å². The molecule has 0 spiro atoms. The number of nitrogens with zero attached hydrogens (tertiary/aromatic N) is 2. The average molecular weight is 488 g/mol. The quantitative estimate of drug-likeness (QED) is 0.287. The number of carbonyl (C=O) groups is 2. The van der Waals surface area contributed by atoms with Crippen molar-refractivity contribution in [2.45, 2.75) is 18.0 Å². The number of halogens is 6. The lowest BCUT2D eigenvalue weighted by Crippen LogP contribution is -2.54. The van der Waals surface area contributed by atoms with Crippen molar-refractivity contribution in [3.8, 4) is 0 Å². The maximum atomic E-state index is 13.2. The second kappa shape index (κ2) is 8.86. The predicted octanol–water partition coefficient (Wildman–Crippen LogP) is 2.30. The number of methoxy groups -OCH3 is 2. The van der Waals surface area contributed by atoms with Gasteiger partial charge in [-0.25, -0.2) is 9.59 Å². The number of esters is 2. The van der Waals surface area contributed by atoms with Crippen LogP contribution in [-0.4, -0.2) is 61.9 Å². The van der Waals surface area contributed by atoms with Gasteiger partial charge in [-0.3, -0.25) is 10.1 Å². The molecule has 1 aromatic carbocycles. The van der Waals surface area contributed by atoms with Gasteiger partial charge >= 0.3 is 24.3 Å². The molecule has 0 saturated carbocycles. The molecule has 0 bridgehead atoms. The van der Waals surface area contributed by atoms with E-state index in [9.17, 15) is 51.2 Å². The molecule has 0 radical (unpaired) electrons. The van der Waals surface area contributed by atoms with Crippen LogP contribution < -0.4 is 4.90 Å². The third-order valence-corrected chi connectivity index (χ3v) is 4.53. The molecule has 0 atom stereocenters. The smallest absolute Gasteiger partial charge is 0.430 e. The summed E-state index contributed by atoms with van der Waals surface area (Å²) in [5.74, 6) is -2.33. The van der Waals surface area contributed by atoms with Gasteiger partial charge in [-0.1, -0.05) is 6.07 Å². The average Bonchev–Trinajstić information content (AvgIpc) is 2.74. The van der Waals surface area contributed by atoms with Crippen LogP contribution in [0.15, 0.2) is 29.5 Å². The Morgan fingerprint density at radius 1 is 1.09 bits per heavy atom. The van der Waals surface area contributed by atoms with Gasteiger partial charge < -0.3 is 24.2 Å². The van der Waals surface area contributed by atoms with Gasteiger partial charge in [0, 0.05) is 11.6 Å². The number of hydrogen-bond acceptors (Lipinski definition) is 9. The fraction of sp³-hybridized carbons (Fsp3) is 0.412. The normalized spacial score (nSPS) is 15.4. The standard InChI is InChI=1S/C17H14F6N2O8/c1-31-13(26)9-6-33-7-24(12(9)14(27)32-2)10-4-3-8(5-11(10)25(29)30)15(28,16(18,19)20)17(21,22)23/h3-5,28H,6-7H2,1-2H3. The third kappa shape index (κ3) is 4.43. The number of carbonyl (C=O) groups excluding carboxylic acids is 2. The molecule has 0 unspecified atom stereocenters. The fourth-order valence-corrected chi connectivity index (χ4v) is 2.94. The Labute approximate surface area is 180 Å². The van der Waals surface area contributed by atoms with Gasteiger partial charge in [0.15, 0.2) is 0 Å². The van der Waals surface area contributed by atoms with E-state index in [0.717, 1.165) is 14.2 Å². The highest BCUT2D eigenvalue weighted by Gasteiger charge is 2.71. The van der Waals surface area contributed by atoms with Crippen molar-refractivity contribution in [1.29, 1.82) is 0 Å². The largest absolute Gasteiger partial charge is 0.466 e. The SMILES string of the molecule is COC(=O)C1=C(C(=O)OC)N(c2ccc(C(O)(C(F)(F)F)C(F)(F)F)cc2[N+](=O)[O-])COC1. The Hall–Kier alpha value is -3.40. The zero-order chi connectivity index (χ0) is 25.4. The van der Waals surface area contributed by atoms with Crippen molar-refractivity contribution in [2.24, 2.45) is 0 Å². The molecule has 0 fully saturated rings. The molecule has 0 saturated heterocycles. The minimum Gasteiger partial charge on any atom is -0.466 e. The molecule has 1 heterocycles. The highest BCUT2D eigenvalue weighted by atomic mass is 19.4. The zero-order valence-corrected chi connectivity index (χ0v) is 16.6. The van der Waals surface area contributed by atoms with Gasteiger partial charge in [-0.15, -0.1) is 0 Å². The Balaban J connectivity index is 2.80. The molecule has 2 rings (SSSR count). The van der Waals surface area contributed by atoms with Gasteiger partial charge in [0.05, 0.1) is 31.3 Å². The van der Waals surface area contributed by atoms with Crippen molar-refractivity contribution in [1.82, 2.24) is 0 Å². The Morgan fingerprint density at radius 2 is 1.64 bits per heavy atom. The van der Waals surface area contributed by atoms with E-state index in [-0.39, 0.29) is 12.1 Å². The summed E-state index contributed by atoms with van der Waals surface area (Å²) in [6.45, 7) is -1.19. The monoisotopic (exact) mass is 488 g/mol. The van der Waals surface area contributed by atoms with Crippen LogP contribution in [0.25, 0.3) is 0 Å². The highest BCUT2D eigenvalue weighted by molar-refractivity contribution is 6.03. The number of anilines is 1. The number of hydrogen-bond donors (Lipinski definition) is 1. The minimum absolute atomic E-state index is 0.141. The lowest BCUT2D eigenvalue weighted by molar-refractivity contribution is -0.386. The molecular weight excluding hydrogens is 474 g/mol. The number of alkyl halides is 6. The molecule has 16 heteroatoms. The lowest BCUT2D eigenvalue weighted by Gasteiger charge is -2.34. The van der Waals surface area contributed by atoms with E-state index in [2.05, 4.69) is 9.47 Å². The molecule has 0 aromatic heterocycles. The van der Waals surface area contributed by atoms with Crippen LogP contribution in [0, 0.1) is 10.1 Å². The minimum atomic E-state index is -6.29. The van der Waals surface area contributed by atoms with Gasteiger partial charge in [-0.05, 0) is 6.07 Å². The van der Waals surface area contributed by atoms with Crippen LogP contribution in [0.1, 0.15) is 5.56 Å². The number of nitro benzene ring substituents is 1. The van der Waals surface area contributed by atoms with Gasteiger partial charge in [0.2, 0.25) is 0 Å². The molecule has 33 heavy (non-hydrogen) atoms. The van der Waals surface area contributed by atoms with E-state index in [4.69, 9.17) is 4.74 Å². The van der Waals surface area contributed by atoms with Gasteiger partial charge in [0.25, 0.3) is 11.3 Å². The molecule has 0 aliphatic carbocycles. The molecule has 1 aromatic rings. The molecule has 1 aliphatic heterocycles. The highest BCUT2D eigenvalue weighted by Crippen LogP contribution is 2.51. The lowest BCUT2D eigenvalue weighted by atomic mass is 9.91. The van der Waals surface area contributed by atoms with E-state index in [0.29, 0.717) is 11.0 Å². The summed E-state index contributed by atoms with van der Waals surface area (Å²) < 4.78 is 93.1. The van der Waals surface area contributed by atoms with Crippen molar-refractivity contribution in [2.75, 3.05) is 32.5 Å². The summed E-state index contributed by atoms with van der Waals surface area (Å²) in [7, 11) is 1.83. The number of aliphatic hydroxyl groups is 1. The number of benzene rings is 1. The fourth-order valence-electron chi connectivity index (χ4n) is 2.94. The summed E-state index contributed by atoms with van der Waals surface area (Å²) >= 11 is 0. The number of rotatable bonds is 5. The van der Waals surface area contributed by atoms with Crippen LogP contribution >= 0.6 is 0 Å². The first-order chi connectivity index (χ1) is 15.1. The summed E-state index contributed by atoms with van der Waals surface area (Å²) in [4.78, 5) is 35.1. The molecule has 1 aliphatic rings. The van der Waals surface area contributed by atoms with Gasteiger partial charge in [0.1, 0.15) is 18.1 Å². The second-order valence-corrected chi connectivity index (χ2v) is 6.38. The van der Waals surface area contributed by atoms with Crippen molar-refractivity contribution in [3.05, 3.63) is 45.1 Å². The first kappa shape index (κ1) is 25.9. The number of nitro groups is 1. The van der Waals surface area contributed by atoms with E-state index in [1.165, 1.54) is 0 Å². The predicted molar refractivity (Wildman–Crippen MR) is 93.5 cm³/mol. The first-order valence-electron chi connectivity index (χ1n) is 8.51. The summed E-state index contributed by atoms with van der Waals surface area (Å²) in [5.41, 5.74) is -10.5. The maximum absolute atomic E-state index is 13.2. The summed E-state index contributed by atoms with van der Waals surface area (Å²) in [6.07, 6.45) is -12.6. The maximum Gasteiger partial charge on any atom is 0.430 e. The van der Waals surface area contributed by atoms with Crippen molar-refractivity contribution in [3.63, 3.8) is 0 Å². The van der Waals surface area contributed by atoms with Crippen LogP contribution in [0.5, 0.6) is 0 Å². The zero-order valence-electron chi connectivity index (χ0n) is 16.6. The van der Waals surface area contributed by atoms with Crippen LogP contribution in [-0.2, 0) is 29.4 Å². The Morgan fingerprint density at radius 3 is 2.09 bits per heavy atom. The number of ether oxygens (including phenoxy) is 3. The molecule has 182 valence electrons. The Kier molecular flexibility index (Phi) is 6.94. The van der Waals surface area contributed by atoms with Gasteiger partial charge in [-0.2, -0.15) is 26.3 Å². The molecular formula is C17H14F6N2O8. The van der Waals surface area contributed by atoms with Crippen molar-refractivity contribution < 1.29 is 60.2 Å². The van der Waals surface area contributed by atoms with Crippen LogP contribution in [0.2, 0.25) is 0 Å². The third-order valence-electron chi connectivity index (χ3n) is 4.53.